The summed E-state index contributed by atoms with van der Waals surface area (Å²) in [5.41, 5.74) is 0. The first-order chi connectivity index (χ1) is 6.06. The van der Waals surface area contributed by atoms with Crippen LogP contribution in [-0.4, -0.2) is 31.1 Å². The van der Waals surface area contributed by atoms with Gasteiger partial charge in [0.05, 0.1) is 6.61 Å². The average molecular weight is 268 g/mol. The van der Waals surface area contributed by atoms with Crippen LogP contribution in [0.15, 0.2) is 0 Å². The van der Waals surface area contributed by atoms with Crippen LogP contribution in [-0.2, 0) is 20.9 Å². The van der Waals surface area contributed by atoms with Gasteiger partial charge >= 0.3 is 14.5 Å². The zero-order valence-electron chi connectivity index (χ0n) is 7.48. The van der Waals surface area contributed by atoms with E-state index in [0.29, 0.717) is 6.61 Å². The molecule has 14 heavy (non-hydrogen) atoms. The summed E-state index contributed by atoms with van der Waals surface area (Å²) in [6.45, 7) is -1.03. The van der Waals surface area contributed by atoms with Crippen molar-refractivity contribution in [1.29, 1.82) is 0 Å². The topological polar surface area (TPSA) is 127 Å². The van der Waals surface area contributed by atoms with Crippen molar-refractivity contribution in [3.8, 4) is 0 Å². The Bertz CT molecular complexity index is 211. The number of unbranched alkanes of at least 4 members (excludes halogenated alkanes) is 1. The van der Waals surface area contributed by atoms with Gasteiger partial charge in [0.1, 0.15) is 0 Å². The van der Waals surface area contributed by atoms with E-state index in [1.807, 2.05) is 6.92 Å². The van der Waals surface area contributed by atoms with Gasteiger partial charge < -0.3 is 29.0 Å². The molecule has 0 atom stereocenters. The lowest BCUT2D eigenvalue weighted by molar-refractivity contribution is 0.247. The summed E-state index contributed by atoms with van der Waals surface area (Å²) in [6.07, 6.45) is 1.79. The van der Waals surface area contributed by atoms with Crippen LogP contribution < -0.4 is 0 Å². The van der Waals surface area contributed by atoms with Gasteiger partial charge in [-0.25, -0.2) is 4.57 Å². The molecular weight excluding hydrogens is 254 g/mol. The van der Waals surface area contributed by atoms with Gasteiger partial charge in [-0.05, 0) is 18.2 Å². The summed E-state index contributed by atoms with van der Waals surface area (Å²) in [6, 6.07) is 0. The molecule has 0 aromatic carbocycles. The van der Waals surface area contributed by atoms with Crippen molar-refractivity contribution in [3.63, 3.8) is 0 Å². The van der Waals surface area contributed by atoms with Gasteiger partial charge in [0.2, 0.25) is 0 Å². The Morgan fingerprint density at radius 2 is 1.57 bits per heavy atom. The number of hydrogen-bond acceptors (Lipinski definition) is 3. The van der Waals surface area contributed by atoms with E-state index in [9.17, 15) is 0 Å². The lowest BCUT2D eigenvalue weighted by Crippen LogP contribution is -1.89. The number of phosphoric acid groups is 1. The van der Waals surface area contributed by atoms with Gasteiger partial charge in [-0.3, -0.25) is 0 Å². The predicted molar refractivity (Wildman–Crippen MR) is 53.8 cm³/mol. The molecule has 0 unspecified atom stereocenters. The Kier molecular flexibility index (Phi) is 9.58. The van der Waals surface area contributed by atoms with E-state index in [1.54, 1.807) is 0 Å². The van der Waals surface area contributed by atoms with Crippen LogP contribution in [0, 0.1) is 0 Å². The molecule has 0 radical (unpaired) electrons. The first kappa shape index (κ1) is 17.0. The molecule has 5 N–H and O–H groups in total. The maximum absolute atomic E-state index is 8.88. The summed E-state index contributed by atoms with van der Waals surface area (Å²) in [7, 11) is -4.64. The van der Waals surface area contributed by atoms with Gasteiger partial charge in [-0.2, -0.15) is 0 Å². The highest BCUT2D eigenvalue weighted by Gasteiger charge is 2.05. The van der Waals surface area contributed by atoms with Crippen LogP contribution >= 0.6 is 14.5 Å². The Hall–Kier alpha value is 0.640. The maximum Gasteiger partial charge on any atom is 0.466 e. The lowest BCUT2D eigenvalue weighted by Gasteiger charge is -2.05. The predicted octanol–water partition coefficient (Wildman–Crippen LogP) is 0.0836. The van der Waals surface area contributed by atoms with Crippen LogP contribution in [0.25, 0.3) is 0 Å². The molecule has 0 saturated heterocycles. The van der Waals surface area contributed by atoms with Crippen LogP contribution in [0.3, 0.4) is 0 Å². The van der Waals surface area contributed by atoms with Crippen LogP contribution in [0.1, 0.15) is 19.8 Å². The fourth-order valence-electron chi connectivity index (χ4n) is 0.328. The second-order valence-corrected chi connectivity index (χ2v) is 5.88. The molecule has 0 heterocycles. The third-order valence-electron chi connectivity index (χ3n) is 0.757. The second-order valence-electron chi connectivity index (χ2n) is 2.19. The largest absolute Gasteiger partial charge is 0.466 e. The summed E-state index contributed by atoms with van der Waals surface area (Å²) >= 11 is 4.20. The molecule has 0 aromatic heterocycles. The van der Waals surface area contributed by atoms with Gasteiger partial charge in [0, 0.05) is 0 Å². The standard InChI is InChI=1S/C4H11O3PS.H3O4P/c1-2-3-4-7-8(5,6)9;1-5(2,3)4/h2-4H2,1H3,(H2,5,6,9);(H3,1,2,3,4). The number of hydrogen-bond donors (Lipinski definition) is 5. The molecule has 10 heteroatoms. The molecule has 0 rings (SSSR count). The third kappa shape index (κ3) is 38.8. The zero-order valence-corrected chi connectivity index (χ0v) is 10.1. The molecule has 0 spiro atoms. The van der Waals surface area contributed by atoms with E-state index in [-0.39, 0.29) is 0 Å². The number of rotatable bonds is 4. The van der Waals surface area contributed by atoms with Crippen LogP contribution in [0.2, 0.25) is 0 Å². The minimum atomic E-state index is -4.64. The summed E-state index contributed by atoms with van der Waals surface area (Å²) in [5, 5.41) is 0. The molecule has 0 fully saturated rings. The smallest absolute Gasteiger partial charge is 0.325 e. The molecule has 88 valence electrons. The molecule has 0 saturated carbocycles. The quantitative estimate of drug-likeness (QED) is 0.358. The van der Waals surface area contributed by atoms with E-state index in [0.717, 1.165) is 12.8 Å². The molecule has 0 aromatic rings. The summed E-state index contributed by atoms with van der Waals surface area (Å²) < 4.78 is 13.4. The highest BCUT2D eigenvalue weighted by Crippen LogP contribution is 2.36. The molecule has 0 amide bonds. The van der Waals surface area contributed by atoms with E-state index >= 15 is 0 Å². The van der Waals surface area contributed by atoms with Gasteiger partial charge in [0.25, 0.3) is 0 Å². The molecule has 0 aliphatic carbocycles. The first-order valence-electron chi connectivity index (χ1n) is 3.54. The Balaban J connectivity index is 0. The van der Waals surface area contributed by atoms with Gasteiger partial charge in [0.15, 0.2) is 0 Å². The fraction of sp³-hybridized carbons (Fsp3) is 1.00. The van der Waals surface area contributed by atoms with Crippen molar-refractivity contribution in [2.75, 3.05) is 6.61 Å². The van der Waals surface area contributed by atoms with Gasteiger partial charge in [-0.15, -0.1) is 0 Å². The fourth-order valence-corrected chi connectivity index (χ4v) is 0.918. The highest BCUT2D eigenvalue weighted by atomic mass is 32.5. The molecule has 7 nitrogen and oxygen atoms in total. The molecule has 0 bridgehead atoms. The Labute approximate surface area is 86.9 Å². The molecule has 0 aliphatic rings. The molecule has 0 aliphatic heterocycles. The molecular formula is C4H14O7P2S. The highest BCUT2D eigenvalue weighted by molar-refractivity contribution is 8.06. The Morgan fingerprint density at radius 1 is 1.21 bits per heavy atom. The van der Waals surface area contributed by atoms with Crippen molar-refractivity contribution in [3.05, 3.63) is 0 Å². The monoisotopic (exact) mass is 268 g/mol. The van der Waals surface area contributed by atoms with Crippen LogP contribution in [0.5, 0.6) is 0 Å². The third-order valence-corrected chi connectivity index (χ3v) is 1.59. The minimum absolute atomic E-state index is 0.348. The van der Waals surface area contributed by atoms with Gasteiger partial charge in [-0.1, -0.05) is 13.3 Å². The minimum Gasteiger partial charge on any atom is -0.325 e. The first-order valence-corrected chi connectivity index (χ1v) is 7.73. The van der Waals surface area contributed by atoms with Crippen molar-refractivity contribution >= 4 is 26.3 Å². The summed E-state index contributed by atoms with van der Waals surface area (Å²) in [5.74, 6) is 0. The van der Waals surface area contributed by atoms with Crippen molar-refractivity contribution in [2.45, 2.75) is 19.8 Å². The van der Waals surface area contributed by atoms with Crippen molar-refractivity contribution < 1.29 is 33.6 Å². The zero-order chi connectivity index (χ0) is 11.8. The average Bonchev–Trinajstić information content (AvgIpc) is 1.80. The SMILES string of the molecule is CCCCOP(O)(O)=S.O=P(O)(O)O. The normalized spacial score (nSPS) is 11.9. The van der Waals surface area contributed by atoms with E-state index in [2.05, 4.69) is 16.3 Å². The van der Waals surface area contributed by atoms with Crippen molar-refractivity contribution in [1.82, 2.24) is 0 Å². The summed E-state index contributed by atoms with van der Waals surface area (Å²) in [4.78, 5) is 38.6. The lowest BCUT2D eigenvalue weighted by atomic mass is 10.4. The van der Waals surface area contributed by atoms with Crippen molar-refractivity contribution in [2.24, 2.45) is 0 Å². The van der Waals surface area contributed by atoms with Crippen LogP contribution in [0.4, 0.5) is 0 Å². The maximum atomic E-state index is 8.88. The van der Waals surface area contributed by atoms with E-state index < -0.39 is 14.5 Å². The van der Waals surface area contributed by atoms with E-state index in [4.69, 9.17) is 29.0 Å². The van der Waals surface area contributed by atoms with E-state index in [1.165, 1.54) is 0 Å². The second kappa shape index (κ2) is 7.87. The Morgan fingerprint density at radius 3 is 1.79 bits per heavy atom.